The Morgan fingerprint density at radius 1 is 0.938 bits per heavy atom. The topological polar surface area (TPSA) is 86.5 Å². The molecule has 0 atom stereocenters. The molecule has 1 N–H and O–H groups in total. The number of methoxy groups -OCH3 is 2. The minimum atomic E-state index is 0.546. The van der Waals surface area contributed by atoms with Crippen LogP contribution in [-0.2, 0) is 0 Å². The van der Waals surface area contributed by atoms with E-state index in [1.165, 1.54) is 0 Å². The van der Waals surface area contributed by atoms with Crippen LogP contribution in [0.2, 0.25) is 0 Å². The third-order valence-electron chi connectivity index (χ3n) is 4.79. The van der Waals surface area contributed by atoms with E-state index in [1.807, 2.05) is 68.4 Å². The maximum atomic E-state index is 5.42. The quantitative estimate of drug-likeness (QED) is 0.347. The lowest BCUT2D eigenvalue weighted by Gasteiger charge is -2.10. The third kappa shape index (κ3) is 4.59. The van der Waals surface area contributed by atoms with Gasteiger partial charge in [0.15, 0.2) is 17.5 Å². The smallest absolute Gasteiger partial charge is 0.164 e. The lowest BCUT2D eigenvalue weighted by atomic mass is 10.2. The number of nitrogens with one attached hydrogen (secondary N) is 1. The molecule has 0 bridgehead atoms. The van der Waals surface area contributed by atoms with Crippen molar-refractivity contribution in [2.24, 2.45) is 5.10 Å². The molecule has 2 aromatic carbocycles. The summed E-state index contributed by atoms with van der Waals surface area (Å²) in [6, 6.07) is 19.2. The summed E-state index contributed by atoms with van der Waals surface area (Å²) in [6.07, 6.45) is 1.67. The van der Waals surface area contributed by atoms with Gasteiger partial charge in [0.25, 0.3) is 0 Å². The monoisotopic (exact) mass is 428 g/mol. The highest BCUT2D eigenvalue weighted by atomic mass is 16.5. The fourth-order valence-corrected chi connectivity index (χ4v) is 3.27. The lowest BCUT2D eigenvalue weighted by Crippen LogP contribution is -2.06. The van der Waals surface area contributed by atoms with Crippen molar-refractivity contribution in [3.63, 3.8) is 0 Å². The van der Waals surface area contributed by atoms with E-state index >= 15 is 0 Å². The highest BCUT2D eigenvalue weighted by molar-refractivity contribution is 5.84. The van der Waals surface area contributed by atoms with E-state index in [-0.39, 0.29) is 0 Å². The molecule has 0 unspecified atom stereocenters. The number of aromatic nitrogens is 4. The van der Waals surface area contributed by atoms with Crippen LogP contribution in [0, 0.1) is 13.8 Å². The summed E-state index contributed by atoms with van der Waals surface area (Å²) in [6.45, 7) is 3.94. The van der Waals surface area contributed by atoms with Crippen LogP contribution in [0.3, 0.4) is 0 Å². The molecule has 0 aliphatic carbocycles. The van der Waals surface area contributed by atoms with Gasteiger partial charge in [0.1, 0.15) is 11.5 Å². The predicted octanol–water partition coefficient (Wildman–Crippen LogP) is 4.41. The average Bonchev–Trinajstić information content (AvgIpc) is 3.17. The zero-order chi connectivity index (χ0) is 22.5. The Morgan fingerprint density at radius 3 is 2.44 bits per heavy atom. The first-order valence-electron chi connectivity index (χ1n) is 10.1. The molecule has 0 aliphatic heterocycles. The summed E-state index contributed by atoms with van der Waals surface area (Å²) in [7, 11) is 3.22. The Balaban J connectivity index is 1.68. The van der Waals surface area contributed by atoms with Crippen LogP contribution < -0.4 is 14.9 Å². The van der Waals surface area contributed by atoms with Gasteiger partial charge < -0.3 is 9.47 Å². The Kier molecular flexibility index (Phi) is 6.12. The van der Waals surface area contributed by atoms with Crippen molar-refractivity contribution in [2.75, 3.05) is 19.6 Å². The molecule has 4 rings (SSSR count). The van der Waals surface area contributed by atoms with Gasteiger partial charge in [-0.2, -0.15) is 10.2 Å². The van der Waals surface area contributed by atoms with Gasteiger partial charge in [0.05, 0.1) is 26.1 Å². The van der Waals surface area contributed by atoms with Gasteiger partial charge in [-0.3, -0.25) is 5.43 Å². The Hall–Kier alpha value is -4.20. The first kappa shape index (κ1) is 21.0. The highest BCUT2D eigenvalue weighted by Gasteiger charge is 2.11. The molecular formula is C24H24N6O2. The van der Waals surface area contributed by atoms with E-state index in [1.54, 1.807) is 31.2 Å². The lowest BCUT2D eigenvalue weighted by molar-refractivity contribution is 0.394. The molecule has 2 aromatic heterocycles. The van der Waals surface area contributed by atoms with Crippen LogP contribution in [0.25, 0.3) is 17.2 Å². The van der Waals surface area contributed by atoms with Gasteiger partial charge in [-0.1, -0.05) is 30.3 Å². The van der Waals surface area contributed by atoms with E-state index in [4.69, 9.17) is 14.5 Å². The zero-order valence-electron chi connectivity index (χ0n) is 18.4. The molecule has 0 aliphatic rings. The molecule has 0 radical (unpaired) electrons. The fraction of sp³-hybridized carbons (Fsp3) is 0.167. The highest BCUT2D eigenvalue weighted by Crippen LogP contribution is 2.24. The predicted molar refractivity (Wildman–Crippen MR) is 125 cm³/mol. The molecule has 0 saturated heterocycles. The van der Waals surface area contributed by atoms with E-state index in [0.717, 1.165) is 22.5 Å². The molecule has 8 nitrogen and oxygen atoms in total. The molecule has 0 spiro atoms. The second-order valence-corrected chi connectivity index (χ2v) is 7.12. The summed E-state index contributed by atoms with van der Waals surface area (Å²) < 4.78 is 12.5. The van der Waals surface area contributed by atoms with Crippen molar-refractivity contribution in [1.29, 1.82) is 0 Å². The number of rotatable bonds is 7. The van der Waals surface area contributed by atoms with Gasteiger partial charge in [-0.05, 0) is 32.0 Å². The first-order chi connectivity index (χ1) is 15.6. The van der Waals surface area contributed by atoms with Crippen molar-refractivity contribution in [3.8, 4) is 28.7 Å². The second kappa shape index (κ2) is 9.30. The van der Waals surface area contributed by atoms with E-state index in [2.05, 4.69) is 20.6 Å². The molecular weight excluding hydrogens is 404 g/mol. The van der Waals surface area contributed by atoms with Gasteiger partial charge in [0.2, 0.25) is 0 Å². The van der Waals surface area contributed by atoms with Crippen LogP contribution in [0.5, 0.6) is 11.5 Å². The fourth-order valence-electron chi connectivity index (χ4n) is 3.27. The standard InChI is InChI=1S/C24H24N6O2/c1-16-12-17(2)30(29-16)23-14-22(26-24(27-23)18-8-6-5-7-9-18)28-25-15-19-10-11-20(31-3)13-21(19)32-4/h5-15H,1-4H3,(H,26,27,28). The molecule has 0 fully saturated rings. The summed E-state index contributed by atoms with van der Waals surface area (Å²) in [4.78, 5) is 9.36. The Labute approximate surface area is 186 Å². The van der Waals surface area contributed by atoms with Crippen molar-refractivity contribution in [3.05, 3.63) is 77.6 Å². The number of nitrogens with zero attached hydrogens (tertiary/aromatic N) is 5. The summed E-state index contributed by atoms with van der Waals surface area (Å²) in [5.74, 6) is 3.15. The van der Waals surface area contributed by atoms with Gasteiger partial charge in [-0.15, -0.1) is 0 Å². The molecule has 0 saturated carbocycles. The van der Waals surface area contributed by atoms with E-state index in [9.17, 15) is 0 Å². The zero-order valence-corrected chi connectivity index (χ0v) is 18.4. The van der Waals surface area contributed by atoms with Crippen LogP contribution >= 0.6 is 0 Å². The second-order valence-electron chi connectivity index (χ2n) is 7.12. The van der Waals surface area contributed by atoms with Crippen molar-refractivity contribution >= 4 is 12.0 Å². The van der Waals surface area contributed by atoms with Crippen LogP contribution in [0.1, 0.15) is 17.0 Å². The third-order valence-corrected chi connectivity index (χ3v) is 4.79. The molecule has 0 amide bonds. The number of ether oxygens (including phenoxy) is 2. The summed E-state index contributed by atoms with van der Waals surface area (Å²) in [5, 5.41) is 8.91. The van der Waals surface area contributed by atoms with Gasteiger partial charge in [0, 0.05) is 29.0 Å². The maximum Gasteiger partial charge on any atom is 0.164 e. The average molecular weight is 428 g/mol. The SMILES string of the molecule is COc1ccc(C=NNc2cc(-n3nc(C)cc3C)nc(-c3ccccc3)n2)c(OC)c1. The molecule has 2 heterocycles. The normalized spacial score (nSPS) is 11.0. The van der Waals surface area contributed by atoms with Gasteiger partial charge in [-0.25, -0.2) is 14.6 Å². The molecule has 8 heteroatoms. The van der Waals surface area contributed by atoms with E-state index in [0.29, 0.717) is 29.0 Å². The number of benzene rings is 2. The number of hydrogen-bond donors (Lipinski definition) is 1. The molecule has 4 aromatic rings. The summed E-state index contributed by atoms with van der Waals surface area (Å²) in [5.41, 5.74) is 6.62. The Bertz CT molecular complexity index is 1250. The van der Waals surface area contributed by atoms with Crippen molar-refractivity contribution in [1.82, 2.24) is 19.7 Å². The first-order valence-corrected chi connectivity index (χ1v) is 10.1. The van der Waals surface area contributed by atoms with Crippen LogP contribution in [0.15, 0.2) is 65.8 Å². The Morgan fingerprint density at radius 2 is 1.75 bits per heavy atom. The van der Waals surface area contributed by atoms with E-state index < -0.39 is 0 Å². The summed E-state index contributed by atoms with van der Waals surface area (Å²) >= 11 is 0. The molecule has 162 valence electrons. The minimum Gasteiger partial charge on any atom is -0.497 e. The largest absolute Gasteiger partial charge is 0.497 e. The number of hydrazone groups is 1. The number of hydrogen-bond acceptors (Lipinski definition) is 7. The maximum absolute atomic E-state index is 5.42. The van der Waals surface area contributed by atoms with Crippen molar-refractivity contribution in [2.45, 2.75) is 13.8 Å². The van der Waals surface area contributed by atoms with Crippen molar-refractivity contribution < 1.29 is 9.47 Å². The molecule has 32 heavy (non-hydrogen) atoms. The minimum absolute atomic E-state index is 0.546. The number of aryl methyl sites for hydroxylation is 2. The van der Waals surface area contributed by atoms with Gasteiger partial charge >= 0.3 is 0 Å². The number of anilines is 1. The van der Waals surface area contributed by atoms with Crippen LogP contribution in [0.4, 0.5) is 5.82 Å². The van der Waals surface area contributed by atoms with Crippen LogP contribution in [-0.4, -0.2) is 40.2 Å².